The zero-order valence-electron chi connectivity index (χ0n) is 11.7. The highest BCUT2D eigenvalue weighted by molar-refractivity contribution is 6.17. The highest BCUT2D eigenvalue weighted by Crippen LogP contribution is 2.23. The van der Waals surface area contributed by atoms with Crippen molar-refractivity contribution >= 4 is 17.3 Å². The van der Waals surface area contributed by atoms with E-state index in [1.54, 1.807) is 0 Å². The van der Waals surface area contributed by atoms with Gasteiger partial charge in [-0.05, 0) is 30.2 Å². The molecular weight excluding hydrogens is 268 g/mol. The minimum Gasteiger partial charge on any atom is -0.369 e. The van der Waals surface area contributed by atoms with E-state index >= 15 is 0 Å². The fraction of sp³-hybridized carbons (Fsp3) is 0.235. The Hall–Kier alpha value is -1.98. The molecule has 2 rings (SSSR count). The lowest BCUT2D eigenvalue weighted by Crippen LogP contribution is -2.17. The summed E-state index contributed by atoms with van der Waals surface area (Å²) >= 11 is 5.81. The van der Waals surface area contributed by atoms with Crippen LogP contribution in [-0.2, 0) is 12.4 Å². The van der Waals surface area contributed by atoms with Gasteiger partial charge in [0, 0.05) is 19.5 Å². The SMILES string of the molecule is Cc1cccc(CN(C)c2ccc(CCl)cc2C#N)c1. The molecule has 0 bridgehead atoms. The maximum atomic E-state index is 9.28. The van der Waals surface area contributed by atoms with Crippen LogP contribution in [0.15, 0.2) is 42.5 Å². The molecular formula is C17H17ClN2. The molecule has 0 fully saturated rings. The minimum atomic E-state index is 0.427. The van der Waals surface area contributed by atoms with E-state index in [0.717, 1.165) is 17.8 Å². The lowest BCUT2D eigenvalue weighted by molar-refractivity contribution is 0.918. The van der Waals surface area contributed by atoms with Crippen LogP contribution < -0.4 is 4.90 Å². The second kappa shape index (κ2) is 6.45. The van der Waals surface area contributed by atoms with Gasteiger partial charge in [0.1, 0.15) is 6.07 Å². The van der Waals surface area contributed by atoms with Gasteiger partial charge in [0.25, 0.3) is 0 Å². The van der Waals surface area contributed by atoms with E-state index in [-0.39, 0.29) is 0 Å². The highest BCUT2D eigenvalue weighted by Gasteiger charge is 2.09. The van der Waals surface area contributed by atoms with Gasteiger partial charge in [0.15, 0.2) is 0 Å². The number of benzene rings is 2. The summed E-state index contributed by atoms with van der Waals surface area (Å²) in [5, 5.41) is 9.28. The zero-order chi connectivity index (χ0) is 14.5. The van der Waals surface area contributed by atoms with Crippen molar-refractivity contribution in [2.24, 2.45) is 0 Å². The van der Waals surface area contributed by atoms with Gasteiger partial charge in [0.2, 0.25) is 0 Å². The second-order valence-electron chi connectivity index (χ2n) is 4.94. The molecule has 0 atom stereocenters. The van der Waals surface area contributed by atoms with Crippen LogP contribution in [0.1, 0.15) is 22.3 Å². The molecule has 0 aliphatic rings. The lowest BCUT2D eigenvalue weighted by atomic mass is 10.1. The van der Waals surface area contributed by atoms with Crippen LogP contribution in [0.4, 0.5) is 5.69 Å². The molecule has 0 unspecified atom stereocenters. The fourth-order valence-corrected chi connectivity index (χ4v) is 2.42. The van der Waals surface area contributed by atoms with E-state index in [4.69, 9.17) is 11.6 Å². The Labute approximate surface area is 125 Å². The Kier molecular flexibility index (Phi) is 4.65. The predicted octanol–water partition coefficient (Wildman–Crippen LogP) is 4.24. The molecule has 0 aliphatic carbocycles. The first-order valence-electron chi connectivity index (χ1n) is 6.49. The van der Waals surface area contributed by atoms with E-state index in [9.17, 15) is 5.26 Å². The molecule has 0 spiro atoms. The van der Waals surface area contributed by atoms with Gasteiger partial charge in [-0.2, -0.15) is 5.26 Å². The maximum Gasteiger partial charge on any atom is 0.101 e. The smallest absolute Gasteiger partial charge is 0.101 e. The molecule has 2 nitrogen and oxygen atoms in total. The molecule has 2 aromatic carbocycles. The maximum absolute atomic E-state index is 9.28. The normalized spacial score (nSPS) is 10.1. The number of halogens is 1. The van der Waals surface area contributed by atoms with Gasteiger partial charge in [-0.3, -0.25) is 0 Å². The molecule has 0 aliphatic heterocycles. The number of nitrogens with zero attached hydrogens (tertiary/aromatic N) is 2. The summed E-state index contributed by atoms with van der Waals surface area (Å²) in [5.74, 6) is 0.427. The van der Waals surface area contributed by atoms with E-state index in [1.807, 2.05) is 25.2 Å². The Bertz CT molecular complexity index is 644. The van der Waals surface area contributed by atoms with E-state index < -0.39 is 0 Å². The van der Waals surface area contributed by atoms with E-state index in [0.29, 0.717) is 11.4 Å². The Morgan fingerprint density at radius 3 is 2.60 bits per heavy atom. The number of anilines is 1. The van der Waals surface area contributed by atoms with Gasteiger partial charge >= 0.3 is 0 Å². The summed E-state index contributed by atoms with van der Waals surface area (Å²) in [7, 11) is 2.00. The number of rotatable bonds is 4. The molecule has 0 radical (unpaired) electrons. The topological polar surface area (TPSA) is 27.0 Å². The third kappa shape index (κ3) is 3.31. The number of hydrogen-bond acceptors (Lipinski definition) is 2. The van der Waals surface area contributed by atoms with Crippen LogP contribution in [-0.4, -0.2) is 7.05 Å². The average molecular weight is 285 g/mol. The number of aryl methyl sites for hydroxylation is 1. The number of alkyl halides is 1. The third-order valence-corrected chi connectivity index (χ3v) is 3.56. The summed E-state index contributed by atoms with van der Waals surface area (Å²) in [6, 6.07) is 16.4. The first-order chi connectivity index (χ1) is 9.63. The summed E-state index contributed by atoms with van der Waals surface area (Å²) in [6.45, 7) is 2.86. The molecule has 102 valence electrons. The van der Waals surface area contributed by atoms with Crippen molar-refractivity contribution in [3.63, 3.8) is 0 Å². The Morgan fingerprint density at radius 1 is 1.15 bits per heavy atom. The molecule has 0 N–H and O–H groups in total. The van der Waals surface area contributed by atoms with Gasteiger partial charge in [-0.1, -0.05) is 35.9 Å². The van der Waals surface area contributed by atoms with E-state index in [1.165, 1.54) is 11.1 Å². The summed E-state index contributed by atoms with van der Waals surface area (Å²) in [6.07, 6.45) is 0. The quantitative estimate of drug-likeness (QED) is 0.785. The largest absolute Gasteiger partial charge is 0.369 e. The van der Waals surface area contributed by atoms with Crippen LogP contribution in [0.5, 0.6) is 0 Å². The van der Waals surface area contributed by atoms with Crippen LogP contribution >= 0.6 is 11.6 Å². The number of hydrogen-bond donors (Lipinski definition) is 0. The zero-order valence-corrected chi connectivity index (χ0v) is 12.5. The fourth-order valence-electron chi connectivity index (χ4n) is 2.26. The molecule has 0 saturated heterocycles. The van der Waals surface area contributed by atoms with Crippen molar-refractivity contribution in [1.82, 2.24) is 0 Å². The van der Waals surface area contributed by atoms with E-state index in [2.05, 4.69) is 42.2 Å². The summed E-state index contributed by atoms with van der Waals surface area (Å²) in [4.78, 5) is 2.09. The standard InChI is InChI=1S/C17H17ClN2/c1-13-4-3-5-15(8-13)12-20(2)17-7-6-14(10-18)9-16(17)11-19/h3-9H,10,12H2,1-2H3. The van der Waals surface area contributed by atoms with Crippen LogP contribution in [0.2, 0.25) is 0 Å². The molecule has 0 saturated carbocycles. The van der Waals surface area contributed by atoms with Gasteiger partial charge in [0.05, 0.1) is 11.3 Å². The van der Waals surface area contributed by atoms with Crippen LogP contribution in [0.25, 0.3) is 0 Å². The lowest BCUT2D eigenvalue weighted by Gasteiger charge is -2.21. The third-order valence-electron chi connectivity index (χ3n) is 3.25. The number of nitriles is 1. The molecule has 0 heterocycles. The predicted molar refractivity (Wildman–Crippen MR) is 84.0 cm³/mol. The monoisotopic (exact) mass is 284 g/mol. The van der Waals surface area contributed by atoms with Crippen molar-refractivity contribution in [1.29, 1.82) is 5.26 Å². The van der Waals surface area contributed by atoms with Crippen molar-refractivity contribution in [3.05, 3.63) is 64.7 Å². The summed E-state index contributed by atoms with van der Waals surface area (Å²) in [5.41, 5.74) is 5.05. The Balaban J connectivity index is 2.25. The van der Waals surface area contributed by atoms with Crippen molar-refractivity contribution in [2.75, 3.05) is 11.9 Å². The Morgan fingerprint density at radius 2 is 1.95 bits per heavy atom. The first kappa shape index (κ1) is 14.4. The van der Waals surface area contributed by atoms with Gasteiger partial charge < -0.3 is 4.90 Å². The molecule has 20 heavy (non-hydrogen) atoms. The minimum absolute atomic E-state index is 0.427. The molecule has 0 aromatic heterocycles. The molecule has 2 aromatic rings. The van der Waals surface area contributed by atoms with Crippen molar-refractivity contribution < 1.29 is 0 Å². The van der Waals surface area contributed by atoms with Crippen molar-refractivity contribution in [2.45, 2.75) is 19.3 Å². The van der Waals surface area contributed by atoms with Crippen LogP contribution in [0, 0.1) is 18.3 Å². The molecule has 3 heteroatoms. The highest BCUT2D eigenvalue weighted by atomic mass is 35.5. The molecule has 0 amide bonds. The van der Waals surface area contributed by atoms with Crippen LogP contribution in [0.3, 0.4) is 0 Å². The average Bonchev–Trinajstić information content (AvgIpc) is 2.46. The first-order valence-corrected chi connectivity index (χ1v) is 7.03. The van der Waals surface area contributed by atoms with Crippen molar-refractivity contribution in [3.8, 4) is 6.07 Å². The van der Waals surface area contributed by atoms with Gasteiger partial charge in [-0.25, -0.2) is 0 Å². The van der Waals surface area contributed by atoms with Gasteiger partial charge in [-0.15, -0.1) is 11.6 Å². The second-order valence-corrected chi connectivity index (χ2v) is 5.21. The summed E-state index contributed by atoms with van der Waals surface area (Å²) < 4.78 is 0.